The molecular formula is C112H72N4. The van der Waals surface area contributed by atoms with Gasteiger partial charge in [0.05, 0.1) is 45.0 Å². The number of anilines is 6. The van der Waals surface area contributed by atoms with Crippen molar-refractivity contribution in [1.82, 2.24) is 9.97 Å². The molecule has 2 aliphatic heterocycles. The third kappa shape index (κ3) is 9.87. The quantitative estimate of drug-likeness (QED) is 0.142. The Hall–Kier alpha value is -15.1. The van der Waals surface area contributed by atoms with Crippen LogP contribution in [0.4, 0.5) is 34.1 Å². The first-order chi connectivity index (χ1) is 57.6. The third-order valence-electron chi connectivity index (χ3n) is 25.0. The van der Waals surface area contributed by atoms with E-state index >= 15 is 0 Å². The van der Waals surface area contributed by atoms with Gasteiger partial charge in [0, 0.05) is 46.0 Å². The number of hydrogen-bond donors (Lipinski definition) is 0. The fraction of sp³-hybridized carbons (Fsp3) is 0.0179. The summed E-state index contributed by atoms with van der Waals surface area (Å²) in [5.41, 5.74) is 35.1. The van der Waals surface area contributed by atoms with Gasteiger partial charge in [0.15, 0.2) is 0 Å². The Kier molecular flexibility index (Phi) is 15.4. The van der Waals surface area contributed by atoms with Gasteiger partial charge in [0.25, 0.3) is 0 Å². The van der Waals surface area contributed by atoms with Gasteiger partial charge in [-0.1, -0.05) is 358 Å². The van der Waals surface area contributed by atoms with Crippen molar-refractivity contribution in [3.63, 3.8) is 0 Å². The molecular weight excluding hydrogens is 1400 g/mol. The normalized spacial score (nSPS) is 13.3. The SMILES string of the molecule is c1ccc(-c2c3ccccc3c(-c3ccc(-c4ccc5c(c4)C4(c6ccccc6-5)c5ccccc5N(c5ccccc5)c5ccccc54)nc3)c3ccccc23)cc1.c1ccc(-c2c3ccccc3c(-c3ccc(-c4cccc5c4C4(c6ccccc6-5)c5ccccc5N(c5ccccc5)c5ccccc54)nc3)c3ccccc23)cc1. The second-order valence-electron chi connectivity index (χ2n) is 30.8. The van der Waals surface area contributed by atoms with Gasteiger partial charge in [-0.15, -0.1) is 0 Å². The predicted octanol–water partition coefficient (Wildman–Crippen LogP) is 29.1. The Morgan fingerprint density at radius 2 is 0.474 bits per heavy atom. The molecule has 0 fully saturated rings. The Balaban J connectivity index is 0.000000137. The summed E-state index contributed by atoms with van der Waals surface area (Å²) in [5.74, 6) is 0. The van der Waals surface area contributed by atoms with Crippen LogP contribution in [0.25, 0.3) is 132 Å². The van der Waals surface area contributed by atoms with Crippen molar-refractivity contribution in [3.8, 4) is 89.3 Å². The highest BCUT2D eigenvalue weighted by Gasteiger charge is 2.54. The number of fused-ring (bicyclic) bond motifs is 22. The highest BCUT2D eigenvalue weighted by atomic mass is 15.2. The van der Waals surface area contributed by atoms with Gasteiger partial charge in [-0.3, -0.25) is 9.97 Å². The molecule has 2 spiro atoms. The van der Waals surface area contributed by atoms with E-state index in [0.29, 0.717) is 0 Å². The second-order valence-corrected chi connectivity index (χ2v) is 30.8. The molecule has 20 aromatic rings. The fourth-order valence-electron chi connectivity index (χ4n) is 20.5. The van der Waals surface area contributed by atoms with Gasteiger partial charge in [-0.25, -0.2) is 0 Å². The minimum Gasteiger partial charge on any atom is -0.310 e. The molecule has 18 aromatic carbocycles. The van der Waals surface area contributed by atoms with Gasteiger partial charge in [0.1, 0.15) is 0 Å². The Morgan fingerprint density at radius 1 is 0.181 bits per heavy atom. The van der Waals surface area contributed by atoms with Gasteiger partial charge >= 0.3 is 0 Å². The summed E-state index contributed by atoms with van der Waals surface area (Å²) in [5, 5.41) is 9.88. The number of rotatable bonds is 8. The summed E-state index contributed by atoms with van der Waals surface area (Å²) < 4.78 is 0. The maximum atomic E-state index is 5.40. The Labute approximate surface area is 674 Å². The number of benzene rings is 18. The Morgan fingerprint density at radius 3 is 0.879 bits per heavy atom. The largest absolute Gasteiger partial charge is 0.310 e. The first-order valence-corrected chi connectivity index (χ1v) is 40.1. The van der Waals surface area contributed by atoms with Gasteiger partial charge in [0.2, 0.25) is 0 Å². The van der Waals surface area contributed by atoms with Crippen LogP contribution in [0.15, 0.2) is 437 Å². The van der Waals surface area contributed by atoms with E-state index in [1.54, 1.807) is 0 Å². The van der Waals surface area contributed by atoms with Crippen LogP contribution in [0.1, 0.15) is 44.5 Å². The van der Waals surface area contributed by atoms with Crippen LogP contribution in [-0.2, 0) is 10.8 Å². The summed E-state index contributed by atoms with van der Waals surface area (Å²) in [7, 11) is 0. The van der Waals surface area contributed by atoms with Crippen LogP contribution >= 0.6 is 0 Å². The number of nitrogens with zero attached hydrogens (tertiary/aromatic N) is 4. The Bertz CT molecular complexity index is 7110. The molecule has 0 N–H and O–H groups in total. The summed E-state index contributed by atoms with van der Waals surface area (Å²) >= 11 is 0. The van der Waals surface area contributed by atoms with Crippen molar-refractivity contribution in [2.75, 3.05) is 9.80 Å². The number of para-hydroxylation sites is 6. The van der Waals surface area contributed by atoms with Gasteiger partial charge < -0.3 is 9.80 Å². The molecule has 540 valence electrons. The minimum absolute atomic E-state index is 0.515. The van der Waals surface area contributed by atoms with E-state index in [9.17, 15) is 0 Å². The summed E-state index contributed by atoms with van der Waals surface area (Å²) in [6.07, 6.45) is 4.17. The highest BCUT2D eigenvalue weighted by molar-refractivity contribution is 6.23. The van der Waals surface area contributed by atoms with Crippen LogP contribution in [-0.4, -0.2) is 9.97 Å². The molecule has 4 heterocycles. The lowest BCUT2D eigenvalue weighted by atomic mass is 9.63. The van der Waals surface area contributed by atoms with E-state index in [1.165, 1.54) is 166 Å². The molecule has 0 amide bonds. The highest BCUT2D eigenvalue weighted by Crippen LogP contribution is 2.67. The molecule has 0 atom stereocenters. The number of aromatic nitrogens is 2. The average molecular weight is 1470 g/mol. The van der Waals surface area contributed by atoms with Crippen molar-refractivity contribution >= 4 is 77.2 Å². The van der Waals surface area contributed by atoms with E-state index < -0.39 is 10.8 Å². The zero-order valence-electron chi connectivity index (χ0n) is 63.4. The zero-order valence-corrected chi connectivity index (χ0v) is 63.4. The average Bonchev–Trinajstić information content (AvgIpc) is 1.48. The second kappa shape index (κ2) is 26.8. The predicted molar refractivity (Wildman–Crippen MR) is 482 cm³/mol. The van der Waals surface area contributed by atoms with Crippen LogP contribution in [0, 0.1) is 0 Å². The van der Waals surface area contributed by atoms with Crippen molar-refractivity contribution in [2.24, 2.45) is 0 Å². The molecule has 0 radical (unpaired) electrons. The number of hydrogen-bond acceptors (Lipinski definition) is 4. The van der Waals surface area contributed by atoms with Crippen LogP contribution in [0.2, 0.25) is 0 Å². The first-order valence-electron chi connectivity index (χ1n) is 40.1. The van der Waals surface area contributed by atoms with E-state index in [-0.39, 0.29) is 0 Å². The topological polar surface area (TPSA) is 32.3 Å². The van der Waals surface area contributed by atoms with Crippen LogP contribution < -0.4 is 9.80 Å². The molecule has 2 aliphatic carbocycles. The lowest BCUT2D eigenvalue weighted by Gasteiger charge is -2.45. The van der Waals surface area contributed by atoms with Gasteiger partial charge in [-0.2, -0.15) is 0 Å². The first kappa shape index (κ1) is 66.7. The zero-order chi connectivity index (χ0) is 76.4. The molecule has 0 bridgehead atoms. The summed E-state index contributed by atoms with van der Waals surface area (Å²) in [4.78, 5) is 15.5. The smallest absolute Gasteiger partial charge is 0.0760 e. The van der Waals surface area contributed by atoms with E-state index in [4.69, 9.17) is 9.97 Å². The molecule has 0 saturated heterocycles. The summed E-state index contributed by atoms with van der Waals surface area (Å²) in [6, 6.07) is 155. The summed E-state index contributed by atoms with van der Waals surface area (Å²) in [6.45, 7) is 0. The molecule has 116 heavy (non-hydrogen) atoms. The molecule has 2 aromatic heterocycles. The van der Waals surface area contributed by atoms with Crippen molar-refractivity contribution < 1.29 is 0 Å². The minimum atomic E-state index is -0.568. The lowest BCUT2D eigenvalue weighted by Crippen LogP contribution is -2.36. The molecule has 4 nitrogen and oxygen atoms in total. The standard InChI is InChI=1S/2C56H36N2/c1-3-18-37(19-4-1)53-41-23-7-9-25-43(41)54(44-26-10-8-24-42(44)53)38-34-35-50(57-36-38)46-28-17-27-45-40-22-11-12-29-47(40)56(55(45)46)48-30-13-15-32-51(48)58(39-20-5-2-6-21-39)52-33-16-14-31-49(52)56;1-3-17-37(18-4-1)54-43-22-7-9-24-45(43)55(46-25-10-8-23-44(46)54)39-32-34-51(57-36-39)38-31-33-42-41-21-11-12-26-47(41)56(50(42)35-38)48-27-13-15-29-52(48)58(40-19-5-2-6-20-40)53-30-16-14-28-49(53)56/h2*1-36H. The van der Waals surface area contributed by atoms with E-state index in [1.807, 2.05) is 0 Å². The number of pyridine rings is 2. The van der Waals surface area contributed by atoms with Gasteiger partial charge in [-0.05, 0) is 210 Å². The van der Waals surface area contributed by atoms with Crippen molar-refractivity contribution in [1.29, 1.82) is 0 Å². The molecule has 0 saturated carbocycles. The molecule has 24 rings (SSSR count). The molecule has 4 aliphatic rings. The van der Waals surface area contributed by atoms with Crippen molar-refractivity contribution in [3.05, 3.63) is 482 Å². The van der Waals surface area contributed by atoms with Crippen LogP contribution in [0.3, 0.4) is 0 Å². The third-order valence-corrected chi connectivity index (χ3v) is 25.0. The lowest BCUT2D eigenvalue weighted by molar-refractivity contribution is 0.753. The van der Waals surface area contributed by atoms with E-state index in [0.717, 1.165) is 45.0 Å². The monoisotopic (exact) mass is 1470 g/mol. The van der Waals surface area contributed by atoms with E-state index in [2.05, 4.69) is 447 Å². The maximum absolute atomic E-state index is 5.40. The maximum Gasteiger partial charge on any atom is 0.0760 e. The molecule has 0 unspecified atom stereocenters. The molecule has 4 heteroatoms. The fourth-order valence-corrected chi connectivity index (χ4v) is 20.5. The van der Waals surface area contributed by atoms with Crippen LogP contribution in [0.5, 0.6) is 0 Å². The van der Waals surface area contributed by atoms with Crippen molar-refractivity contribution in [2.45, 2.75) is 10.8 Å².